The summed E-state index contributed by atoms with van der Waals surface area (Å²) in [4.78, 5) is 2.63. The van der Waals surface area contributed by atoms with E-state index in [2.05, 4.69) is 25.8 Å². The van der Waals surface area contributed by atoms with Gasteiger partial charge >= 0.3 is 0 Å². The van der Waals surface area contributed by atoms with E-state index in [0.717, 1.165) is 23.8 Å². The lowest BCUT2D eigenvalue weighted by molar-refractivity contribution is 0.113. The van der Waals surface area contributed by atoms with Gasteiger partial charge in [0.2, 0.25) is 0 Å². The molecule has 0 aromatic rings. The van der Waals surface area contributed by atoms with E-state index in [0.29, 0.717) is 6.04 Å². The molecule has 0 aromatic heterocycles. The predicted octanol–water partition coefficient (Wildman–Crippen LogP) is 3.65. The minimum Gasteiger partial charge on any atom is -0.327 e. The van der Waals surface area contributed by atoms with Crippen LogP contribution in [-0.4, -0.2) is 30.6 Å². The highest BCUT2D eigenvalue weighted by Crippen LogP contribution is 2.34. The van der Waals surface area contributed by atoms with E-state index >= 15 is 0 Å². The van der Waals surface area contributed by atoms with Crippen molar-refractivity contribution >= 4 is 0 Å². The lowest BCUT2D eigenvalue weighted by Gasteiger charge is -2.40. The molecule has 0 aliphatic heterocycles. The maximum Gasteiger partial charge on any atom is 0.00923 e. The van der Waals surface area contributed by atoms with Gasteiger partial charge in [-0.2, -0.15) is 0 Å². The van der Waals surface area contributed by atoms with Gasteiger partial charge in [0.15, 0.2) is 0 Å². The highest BCUT2D eigenvalue weighted by Gasteiger charge is 2.31. The van der Waals surface area contributed by atoms with Crippen LogP contribution in [0.25, 0.3) is 0 Å². The molecule has 0 amide bonds. The fourth-order valence-electron chi connectivity index (χ4n) is 4.18. The van der Waals surface area contributed by atoms with Crippen molar-refractivity contribution in [3.8, 4) is 0 Å². The van der Waals surface area contributed by atoms with Crippen LogP contribution >= 0.6 is 0 Å². The zero-order valence-electron chi connectivity index (χ0n) is 13.3. The maximum absolute atomic E-state index is 6.39. The first-order valence-corrected chi connectivity index (χ1v) is 8.53. The zero-order chi connectivity index (χ0) is 13.8. The van der Waals surface area contributed by atoms with Crippen molar-refractivity contribution in [1.29, 1.82) is 0 Å². The van der Waals surface area contributed by atoms with Crippen molar-refractivity contribution in [2.45, 2.75) is 77.3 Å². The summed E-state index contributed by atoms with van der Waals surface area (Å²) in [6.07, 6.45) is 11.1. The molecule has 19 heavy (non-hydrogen) atoms. The van der Waals surface area contributed by atoms with Gasteiger partial charge in [0.25, 0.3) is 0 Å². The van der Waals surface area contributed by atoms with Crippen LogP contribution in [-0.2, 0) is 0 Å². The molecule has 0 heterocycles. The monoisotopic (exact) mass is 266 g/mol. The molecule has 2 saturated carbocycles. The normalized spacial score (nSPS) is 34.1. The first kappa shape index (κ1) is 15.3. The molecule has 2 rings (SSSR count). The summed E-state index contributed by atoms with van der Waals surface area (Å²) in [5, 5.41) is 0. The number of hydrogen-bond donors (Lipinski definition) is 1. The van der Waals surface area contributed by atoms with Crippen LogP contribution in [0, 0.1) is 17.8 Å². The van der Waals surface area contributed by atoms with Gasteiger partial charge in [-0.25, -0.2) is 0 Å². The van der Waals surface area contributed by atoms with Crippen molar-refractivity contribution < 1.29 is 0 Å². The highest BCUT2D eigenvalue weighted by atomic mass is 15.1. The van der Waals surface area contributed by atoms with Gasteiger partial charge in [0.05, 0.1) is 0 Å². The van der Waals surface area contributed by atoms with Gasteiger partial charge in [-0.15, -0.1) is 0 Å². The Labute approximate surface area is 120 Å². The minimum atomic E-state index is 0.445. The highest BCUT2D eigenvalue weighted by molar-refractivity contribution is 4.86. The van der Waals surface area contributed by atoms with Crippen LogP contribution in [0.3, 0.4) is 0 Å². The van der Waals surface area contributed by atoms with E-state index < -0.39 is 0 Å². The van der Waals surface area contributed by atoms with Crippen molar-refractivity contribution in [2.24, 2.45) is 23.5 Å². The van der Waals surface area contributed by atoms with Crippen LogP contribution in [0.1, 0.15) is 65.2 Å². The average Bonchev–Trinajstić information content (AvgIpc) is 2.42. The van der Waals surface area contributed by atoms with Gasteiger partial charge in [-0.3, -0.25) is 0 Å². The maximum atomic E-state index is 6.39. The van der Waals surface area contributed by atoms with Crippen LogP contribution < -0.4 is 5.73 Å². The summed E-state index contributed by atoms with van der Waals surface area (Å²) < 4.78 is 0. The third-order valence-corrected chi connectivity index (χ3v) is 5.75. The standard InChI is InChI=1S/C17H34N2/c1-13(2)14-9-10-17(18)15(11-14)12-19(3)16-7-5-4-6-8-16/h13-17H,4-12,18H2,1-3H3. The zero-order valence-corrected chi connectivity index (χ0v) is 13.3. The fraction of sp³-hybridized carbons (Fsp3) is 1.00. The fourth-order valence-corrected chi connectivity index (χ4v) is 4.18. The molecular formula is C17H34N2. The summed E-state index contributed by atoms with van der Waals surface area (Å²) in [6, 6.07) is 1.28. The van der Waals surface area contributed by atoms with Crippen molar-refractivity contribution in [2.75, 3.05) is 13.6 Å². The second-order valence-corrected chi connectivity index (χ2v) is 7.47. The Morgan fingerprint density at radius 2 is 1.74 bits per heavy atom. The molecule has 2 aliphatic rings. The molecule has 112 valence electrons. The second kappa shape index (κ2) is 7.08. The van der Waals surface area contributed by atoms with E-state index in [-0.39, 0.29) is 0 Å². The molecular weight excluding hydrogens is 232 g/mol. The molecule has 0 bridgehead atoms. The number of nitrogens with two attached hydrogens (primary N) is 1. The van der Waals surface area contributed by atoms with Crippen LogP contribution in [0.4, 0.5) is 0 Å². The van der Waals surface area contributed by atoms with Gasteiger partial charge in [0, 0.05) is 18.6 Å². The molecule has 2 aliphatic carbocycles. The van der Waals surface area contributed by atoms with Crippen molar-refractivity contribution in [3.05, 3.63) is 0 Å². The van der Waals surface area contributed by atoms with E-state index in [1.807, 2.05) is 0 Å². The summed E-state index contributed by atoms with van der Waals surface area (Å²) in [6.45, 7) is 5.99. The third-order valence-electron chi connectivity index (χ3n) is 5.75. The quantitative estimate of drug-likeness (QED) is 0.841. The van der Waals surface area contributed by atoms with Crippen molar-refractivity contribution in [1.82, 2.24) is 4.90 Å². The molecule has 2 heteroatoms. The summed E-state index contributed by atoms with van der Waals surface area (Å²) in [5.41, 5.74) is 6.39. The van der Waals surface area contributed by atoms with Gasteiger partial charge in [0.1, 0.15) is 0 Å². The van der Waals surface area contributed by atoms with Crippen LogP contribution in [0.5, 0.6) is 0 Å². The SMILES string of the molecule is CC(C)C1CCC(N)C(CN(C)C2CCCCC2)C1. The smallest absolute Gasteiger partial charge is 0.00923 e. The molecule has 2 nitrogen and oxygen atoms in total. The van der Waals surface area contributed by atoms with Crippen molar-refractivity contribution in [3.63, 3.8) is 0 Å². The first-order chi connectivity index (χ1) is 9.08. The van der Waals surface area contributed by atoms with E-state index in [1.165, 1.54) is 57.9 Å². The Morgan fingerprint density at radius 3 is 2.37 bits per heavy atom. The predicted molar refractivity (Wildman–Crippen MR) is 83.1 cm³/mol. The summed E-state index contributed by atoms with van der Waals surface area (Å²) in [7, 11) is 2.34. The molecule has 0 radical (unpaired) electrons. The molecule has 3 unspecified atom stereocenters. The molecule has 0 saturated heterocycles. The molecule has 2 N–H and O–H groups in total. The van der Waals surface area contributed by atoms with E-state index in [9.17, 15) is 0 Å². The number of rotatable bonds is 4. The lowest BCUT2D eigenvalue weighted by Crippen LogP contribution is -2.45. The third kappa shape index (κ3) is 4.19. The number of hydrogen-bond acceptors (Lipinski definition) is 2. The van der Waals surface area contributed by atoms with E-state index in [4.69, 9.17) is 5.73 Å². The minimum absolute atomic E-state index is 0.445. The average molecular weight is 266 g/mol. The summed E-state index contributed by atoms with van der Waals surface area (Å²) >= 11 is 0. The first-order valence-electron chi connectivity index (χ1n) is 8.53. The van der Waals surface area contributed by atoms with Gasteiger partial charge < -0.3 is 10.6 Å². The number of nitrogens with zero attached hydrogens (tertiary/aromatic N) is 1. The Kier molecular flexibility index (Phi) is 5.70. The topological polar surface area (TPSA) is 29.3 Å². The Morgan fingerprint density at radius 1 is 1.05 bits per heavy atom. The van der Waals surface area contributed by atoms with Gasteiger partial charge in [-0.05, 0) is 56.9 Å². The largest absolute Gasteiger partial charge is 0.327 e. The Hall–Kier alpha value is -0.0800. The van der Waals surface area contributed by atoms with Crippen LogP contribution in [0.15, 0.2) is 0 Å². The molecule has 3 atom stereocenters. The van der Waals surface area contributed by atoms with E-state index in [1.54, 1.807) is 0 Å². The lowest BCUT2D eigenvalue weighted by atomic mass is 9.73. The van der Waals surface area contributed by atoms with Gasteiger partial charge in [-0.1, -0.05) is 33.1 Å². The molecule has 0 aromatic carbocycles. The molecule has 2 fully saturated rings. The molecule has 0 spiro atoms. The summed E-state index contributed by atoms with van der Waals surface area (Å²) in [5.74, 6) is 2.47. The Balaban J connectivity index is 1.85. The second-order valence-electron chi connectivity index (χ2n) is 7.47. The Bertz CT molecular complexity index is 258. The van der Waals surface area contributed by atoms with Crippen LogP contribution in [0.2, 0.25) is 0 Å².